The monoisotopic (exact) mass is 258 g/mol. The molecule has 2 aromatic carbocycles. The van der Waals surface area contributed by atoms with E-state index in [1.807, 2.05) is 13.0 Å². The van der Waals surface area contributed by atoms with Gasteiger partial charge in [-0.3, -0.25) is 4.79 Å². The first kappa shape index (κ1) is 13.3. The van der Waals surface area contributed by atoms with Gasteiger partial charge in [-0.1, -0.05) is 18.2 Å². The number of methoxy groups -OCH3 is 1. The number of hydrogen-bond donors (Lipinski definition) is 0. The number of hydrogen-bond acceptors (Lipinski definition) is 2. The van der Waals surface area contributed by atoms with Gasteiger partial charge in [0.05, 0.1) is 12.7 Å². The number of rotatable bonds is 4. The van der Waals surface area contributed by atoms with E-state index in [1.54, 1.807) is 24.3 Å². The Balaban J connectivity index is 2.28. The summed E-state index contributed by atoms with van der Waals surface area (Å²) in [5, 5.41) is 0. The second-order valence-electron chi connectivity index (χ2n) is 4.37. The molecule has 0 unspecified atom stereocenters. The van der Waals surface area contributed by atoms with Gasteiger partial charge in [0, 0.05) is 6.42 Å². The zero-order valence-corrected chi connectivity index (χ0v) is 10.9. The first-order valence-corrected chi connectivity index (χ1v) is 6.03. The summed E-state index contributed by atoms with van der Waals surface area (Å²) >= 11 is 0. The molecular formula is C16H15FO2. The van der Waals surface area contributed by atoms with Crippen LogP contribution in [0.3, 0.4) is 0 Å². The molecule has 0 bridgehead atoms. The standard InChI is InChI=1S/C16H15FO2/c1-11-7-8-13(17)9-12(11)10-15(18)14-5-3-4-6-16(14)19-2/h3-9H,10H2,1-2H3. The van der Waals surface area contributed by atoms with E-state index in [-0.39, 0.29) is 18.0 Å². The minimum atomic E-state index is -0.326. The van der Waals surface area contributed by atoms with Crippen molar-refractivity contribution < 1.29 is 13.9 Å². The van der Waals surface area contributed by atoms with Gasteiger partial charge >= 0.3 is 0 Å². The Hall–Kier alpha value is -2.16. The molecule has 0 spiro atoms. The molecule has 0 aliphatic rings. The molecule has 19 heavy (non-hydrogen) atoms. The van der Waals surface area contributed by atoms with Crippen LogP contribution in [-0.2, 0) is 6.42 Å². The van der Waals surface area contributed by atoms with Gasteiger partial charge in [-0.15, -0.1) is 0 Å². The third kappa shape index (κ3) is 2.99. The molecular weight excluding hydrogens is 243 g/mol. The second-order valence-corrected chi connectivity index (χ2v) is 4.37. The summed E-state index contributed by atoms with van der Waals surface area (Å²) in [7, 11) is 1.53. The number of aryl methyl sites for hydroxylation is 1. The highest BCUT2D eigenvalue weighted by atomic mass is 19.1. The van der Waals surface area contributed by atoms with Crippen LogP contribution in [-0.4, -0.2) is 12.9 Å². The highest BCUT2D eigenvalue weighted by Gasteiger charge is 2.13. The molecule has 98 valence electrons. The van der Waals surface area contributed by atoms with Crippen LogP contribution in [0.4, 0.5) is 4.39 Å². The van der Waals surface area contributed by atoms with E-state index in [2.05, 4.69) is 0 Å². The van der Waals surface area contributed by atoms with Crippen molar-refractivity contribution in [3.63, 3.8) is 0 Å². The van der Waals surface area contributed by atoms with Crippen LogP contribution in [0.2, 0.25) is 0 Å². The van der Waals surface area contributed by atoms with Crippen LogP contribution in [0.25, 0.3) is 0 Å². The van der Waals surface area contributed by atoms with Crippen LogP contribution in [0, 0.1) is 12.7 Å². The van der Waals surface area contributed by atoms with Crippen LogP contribution < -0.4 is 4.74 Å². The lowest BCUT2D eigenvalue weighted by atomic mass is 9.99. The van der Waals surface area contributed by atoms with Gasteiger partial charge in [-0.05, 0) is 42.3 Å². The molecule has 0 atom stereocenters. The first-order valence-electron chi connectivity index (χ1n) is 6.03. The smallest absolute Gasteiger partial charge is 0.170 e. The molecule has 0 N–H and O–H groups in total. The molecule has 0 aliphatic heterocycles. The van der Waals surface area contributed by atoms with Crippen LogP contribution in [0.5, 0.6) is 5.75 Å². The van der Waals surface area contributed by atoms with Gasteiger partial charge in [0.1, 0.15) is 11.6 Å². The Bertz CT molecular complexity index is 605. The van der Waals surface area contributed by atoms with Crippen molar-refractivity contribution in [2.75, 3.05) is 7.11 Å². The van der Waals surface area contributed by atoms with E-state index in [9.17, 15) is 9.18 Å². The van der Waals surface area contributed by atoms with E-state index < -0.39 is 0 Å². The number of halogens is 1. The second kappa shape index (κ2) is 5.65. The largest absolute Gasteiger partial charge is 0.496 e. The zero-order valence-electron chi connectivity index (χ0n) is 10.9. The highest BCUT2D eigenvalue weighted by Crippen LogP contribution is 2.20. The van der Waals surface area contributed by atoms with Crippen LogP contribution in [0.1, 0.15) is 21.5 Å². The first-order chi connectivity index (χ1) is 9.11. The van der Waals surface area contributed by atoms with Crippen molar-refractivity contribution in [3.8, 4) is 5.75 Å². The minimum Gasteiger partial charge on any atom is -0.496 e. The summed E-state index contributed by atoms with van der Waals surface area (Å²) in [6.07, 6.45) is 0.171. The maximum Gasteiger partial charge on any atom is 0.170 e. The highest BCUT2D eigenvalue weighted by molar-refractivity contribution is 6.00. The minimum absolute atomic E-state index is 0.0776. The maximum absolute atomic E-state index is 13.2. The van der Waals surface area contributed by atoms with Crippen molar-refractivity contribution in [1.29, 1.82) is 0 Å². The summed E-state index contributed by atoms with van der Waals surface area (Å²) in [6.45, 7) is 1.87. The topological polar surface area (TPSA) is 26.3 Å². The lowest BCUT2D eigenvalue weighted by Crippen LogP contribution is -2.07. The van der Waals surface area contributed by atoms with Gasteiger partial charge in [0.25, 0.3) is 0 Å². The fourth-order valence-electron chi connectivity index (χ4n) is 1.97. The van der Waals surface area contributed by atoms with Crippen LogP contribution in [0.15, 0.2) is 42.5 Å². The molecule has 0 aliphatic carbocycles. The molecule has 0 saturated carbocycles. The number of carbonyl (C=O) groups excluding carboxylic acids is 1. The molecule has 0 radical (unpaired) electrons. The van der Waals surface area contributed by atoms with E-state index in [4.69, 9.17) is 4.74 Å². The number of ketones is 1. The molecule has 3 heteroatoms. The average Bonchev–Trinajstić information content (AvgIpc) is 2.42. The number of Topliss-reactive ketones (excluding diaryl/α,β-unsaturated/α-hetero) is 1. The van der Waals surface area contributed by atoms with Gasteiger partial charge < -0.3 is 4.74 Å². The fraction of sp³-hybridized carbons (Fsp3) is 0.188. The number of carbonyl (C=O) groups is 1. The predicted octanol–water partition coefficient (Wildman–Crippen LogP) is 3.57. The van der Waals surface area contributed by atoms with Gasteiger partial charge in [0.15, 0.2) is 5.78 Å². The summed E-state index contributed by atoms with van der Waals surface area (Å²) in [4.78, 5) is 12.3. The molecule has 0 fully saturated rings. The van der Waals surface area contributed by atoms with Crippen molar-refractivity contribution in [2.45, 2.75) is 13.3 Å². The number of benzene rings is 2. The molecule has 0 aromatic heterocycles. The normalized spacial score (nSPS) is 10.3. The summed E-state index contributed by atoms with van der Waals surface area (Å²) in [5.41, 5.74) is 2.13. The predicted molar refractivity (Wildman–Crippen MR) is 72.2 cm³/mol. The van der Waals surface area contributed by atoms with E-state index in [1.165, 1.54) is 19.2 Å². The molecule has 2 nitrogen and oxygen atoms in total. The average molecular weight is 258 g/mol. The Kier molecular flexibility index (Phi) is 3.95. The van der Waals surface area contributed by atoms with Crippen molar-refractivity contribution in [2.24, 2.45) is 0 Å². The van der Waals surface area contributed by atoms with Crippen molar-refractivity contribution in [3.05, 3.63) is 65.0 Å². The quantitative estimate of drug-likeness (QED) is 0.784. The Morgan fingerprint density at radius 1 is 1.21 bits per heavy atom. The molecule has 0 amide bonds. The summed E-state index contributed by atoms with van der Waals surface area (Å²) in [6, 6.07) is 11.5. The maximum atomic E-state index is 13.2. The van der Waals surface area contributed by atoms with Crippen molar-refractivity contribution in [1.82, 2.24) is 0 Å². The Morgan fingerprint density at radius 3 is 2.68 bits per heavy atom. The lowest BCUT2D eigenvalue weighted by Gasteiger charge is -2.09. The molecule has 2 rings (SSSR count). The lowest BCUT2D eigenvalue weighted by molar-refractivity contribution is 0.0990. The third-order valence-corrected chi connectivity index (χ3v) is 3.07. The van der Waals surface area contributed by atoms with Crippen LogP contribution >= 0.6 is 0 Å². The zero-order chi connectivity index (χ0) is 13.8. The number of ether oxygens (including phenoxy) is 1. The third-order valence-electron chi connectivity index (χ3n) is 3.07. The van der Waals surface area contributed by atoms with E-state index in [0.29, 0.717) is 16.9 Å². The van der Waals surface area contributed by atoms with E-state index in [0.717, 1.165) is 5.56 Å². The SMILES string of the molecule is COc1ccccc1C(=O)Cc1cc(F)ccc1C. The Morgan fingerprint density at radius 2 is 1.95 bits per heavy atom. The molecule has 2 aromatic rings. The van der Waals surface area contributed by atoms with Gasteiger partial charge in [-0.25, -0.2) is 4.39 Å². The summed E-state index contributed by atoms with van der Waals surface area (Å²) in [5.74, 6) is 0.140. The van der Waals surface area contributed by atoms with E-state index >= 15 is 0 Å². The van der Waals surface area contributed by atoms with Crippen molar-refractivity contribution >= 4 is 5.78 Å². The molecule has 0 heterocycles. The number of para-hydroxylation sites is 1. The molecule has 0 saturated heterocycles. The Labute approximate surface area is 111 Å². The summed E-state index contributed by atoms with van der Waals surface area (Å²) < 4.78 is 18.4. The fourth-order valence-corrected chi connectivity index (χ4v) is 1.97. The van der Waals surface area contributed by atoms with Gasteiger partial charge in [-0.2, -0.15) is 0 Å². The van der Waals surface area contributed by atoms with Gasteiger partial charge in [0.2, 0.25) is 0 Å².